The number of benzene rings is 1. The fourth-order valence-electron chi connectivity index (χ4n) is 2.47. The van der Waals surface area contributed by atoms with Crippen molar-refractivity contribution in [2.45, 2.75) is 32.6 Å². The molecule has 1 aliphatic rings. The highest BCUT2D eigenvalue weighted by molar-refractivity contribution is 5.65. The van der Waals surface area contributed by atoms with Gasteiger partial charge in [-0.05, 0) is 36.5 Å². The number of carbonyl (C=O) groups excluding carboxylic acids is 1. The van der Waals surface area contributed by atoms with Crippen LogP contribution in [0.3, 0.4) is 0 Å². The largest absolute Gasteiger partial charge is 0.465 e. The predicted molar refractivity (Wildman–Crippen MR) is 72.1 cm³/mol. The molecule has 20 heavy (non-hydrogen) atoms. The smallest absolute Gasteiger partial charge is 0.302 e. The summed E-state index contributed by atoms with van der Waals surface area (Å²) < 4.78 is 10.0. The van der Waals surface area contributed by atoms with Gasteiger partial charge in [-0.1, -0.05) is 17.3 Å². The van der Waals surface area contributed by atoms with Crippen molar-refractivity contribution in [2.24, 2.45) is 0 Å². The van der Waals surface area contributed by atoms with Gasteiger partial charge in [0.05, 0.1) is 6.42 Å². The maximum Gasteiger partial charge on any atom is 0.302 e. The molecule has 104 valence electrons. The molecule has 1 heterocycles. The molecule has 1 aliphatic carbocycles. The summed E-state index contributed by atoms with van der Waals surface area (Å²) in [5.41, 5.74) is 3.79. The van der Waals surface area contributed by atoms with E-state index in [9.17, 15) is 4.79 Å². The van der Waals surface area contributed by atoms with Crippen LogP contribution in [0.25, 0.3) is 11.4 Å². The zero-order valence-corrected chi connectivity index (χ0v) is 11.4. The highest BCUT2D eigenvalue weighted by Crippen LogP contribution is 2.26. The molecule has 1 aromatic carbocycles. The Kier molecular flexibility index (Phi) is 3.50. The SMILES string of the molecule is CC(=O)OCCc1nc(-c2ccc3c(c2)CCC3)no1. The lowest BCUT2D eigenvalue weighted by Crippen LogP contribution is -2.03. The molecule has 0 saturated heterocycles. The van der Waals surface area contributed by atoms with E-state index in [0.29, 0.717) is 18.1 Å². The fraction of sp³-hybridized carbons (Fsp3) is 0.400. The van der Waals surface area contributed by atoms with Gasteiger partial charge < -0.3 is 9.26 Å². The van der Waals surface area contributed by atoms with Crippen LogP contribution in [0.5, 0.6) is 0 Å². The number of rotatable bonds is 4. The number of esters is 1. The van der Waals surface area contributed by atoms with Gasteiger partial charge in [0.15, 0.2) is 0 Å². The lowest BCUT2D eigenvalue weighted by molar-refractivity contribution is -0.140. The summed E-state index contributed by atoms with van der Waals surface area (Å²) in [7, 11) is 0. The number of hydrogen-bond acceptors (Lipinski definition) is 5. The number of aryl methyl sites for hydroxylation is 2. The van der Waals surface area contributed by atoms with Gasteiger partial charge in [-0.25, -0.2) is 0 Å². The normalized spacial score (nSPS) is 13.2. The average molecular weight is 272 g/mol. The Bertz CT molecular complexity index is 634. The summed E-state index contributed by atoms with van der Waals surface area (Å²) >= 11 is 0. The van der Waals surface area contributed by atoms with Crippen LogP contribution in [0.1, 0.15) is 30.4 Å². The molecule has 1 aromatic heterocycles. The van der Waals surface area contributed by atoms with Gasteiger partial charge in [-0.15, -0.1) is 0 Å². The minimum atomic E-state index is -0.302. The van der Waals surface area contributed by atoms with Crippen molar-refractivity contribution >= 4 is 5.97 Å². The first-order valence-electron chi connectivity index (χ1n) is 6.80. The zero-order valence-electron chi connectivity index (χ0n) is 11.4. The van der Waals surface area contributed by atoms with E-state index < -0.39 is 0 Å². The first-order chi connectivity index (χ1) is 9.72. The molecule has 0 bridgehead atoms. The number of ether oxygens (including phenoxy) is 1. The topological polar surface area (TPSA) is 65.2 Å². The van der Waals surface area contributed by atoms with Gasteiger partial charge in [0.1, 0.15) is 6.61 Å². The van der Waals surface area contributed by atoms with Gasteiger partial charge in [0.2, 0.25) is 11.7 Å². The average Bonchev–Trinajstić information content (AvgIpc) is 3.05. The Morgan fingerprint density at radius 2 is 2.20 bits per heavy atom. The number of aromatic nitrogens is 2. The zero-order chi connectivity index (χ0) is 13.9. The van der Waals surface area contributed by atoms with Crippen molar-refractivity contribution in [1.82, 2.24) is 10.1 Å². The summed E-state index contributed by atoms with van der Waals surface area (Å²) in [6, 6.07) is 6.32. The monoisotopic (exact) mass is 272 g/mol. The Morgan fingerprint density at radius 3 is 3.05 bits per heavy atom. The highest BCUT2D eigenvalue weighted by Gasteiger charge is 2.14. The standard InChI is InChI=1S/C15H16N2O3/c1-10(18)19-8-7-14-16-15(17-20-14)13-6-5-11-3-2-4-12(11)9-13/h5-6,9H,2-4,7-8H2,1H3. The van der Waals surface area contributed by atoms with Gasteiger partial charge >= 0.3 is 5.97 Å². The highest BCUT2D eigenvalue weighted by atomic mass is 16.5. The van der Waals surface area contributed by atoms with Crippen molar-refractivity contribution in [2.75, 3.05) is 6.61 Å². The first-order valence-corrected chi connectivity index (χ1v) is 6.80. The molecule has 0 saturated carbocycles. The quantitative estimate of drug-likeness (QED) is 0.799. The second kappa shape index (κ2) is 5.45. The third-order valence-electron chi connectivity index (χ3n) is 3.45. The van der Waals surface area contributed by atoms with Gasteiger partial charge in [0, 0.05) is 12.5 Å². The van der Waals surface area contributed by atoms with Crippen LogP contribution < -0.4 is 0 Å². The summed E-state index contributed by atoms with van der Waals surface area (Å²) in [5.74, 6) is 0.780. The number of hydrogen-bond donors (Lipinski definition) is 0. The predicted octanol–water partition coefficient (Wildman–Crippen LogP) is 2.33. The molecular weight excluding hydrogens is 256 g/mol. The Morgan fingerprint density at radius 1 is 1.35 bits per heavy atom. The molecule has 3 rings (SSSR count). The van der Waals surface area contributed by atoms with E-state index in [-0.39, 0.29) is 12.6 Å². The number of nitrogens with zero attached hydrogens (tertiary/aromatic N) is 2. The maximum atomic E-state index is 10.7. The molecule has 0 N–H and O–H groups in total. The van der Waals surface area contributed by atoms with Gasteiger partial charge in [-0.3, -0.25) is 4.79 Å². The van der Waals surface area contributed by atoms with E-state index in [2.05, 4.69) is 22.3 Å². The van der Waals surface area contributed by atoms with Crippen LogP contribution in [0.15, 0.2) is 22.7 Å². The van der Waals surface area contributed by atoms with Crippen LogP contribution in [0.4, 0.5) is 0 Å². The van der Waals surface area contributed by atoms with Crippen LogP contribution in [-0.4, -0.2) is 22.7 Å². The van der Waals surface area contributed by atoms with E-state index in [1.165, 1.54) is 24.5 Å². The summed E-state index contributed by atoms with van der Waals surface area (Å²) in [4.78, 5) is 15.0. The maximum absolute atomic E-state index is 10.7. The number of fused-ring (bicyclic) bond motifs is 1. The van der Waals surface area contributed by atoms with Gasteiger partial charge in [0.25, 0.3) is 0 Å². The molecular formula is C15H16N2O3. The molecule has 0 aliphatic heterocycles. The van der Waals surface area contributed by atoms with Crippen molar-refractivity contribution in [3.63, 3.8) is 0 Å². The van der Waals surface area contributed by atoms with Crippen molar-refractivity contribution in [3.8, 4) is 11.4 Å². The lowest BCUT2D eigenvalue weighted by Gasteiger charge is -2.00. The van der Waals surface area contributed by atoms with Crippen molar-refractivity contribution in [1.29, 1.82) is 0 Å². The minimum absolute atomic E-state index is 0.265. The van der Waals surface area contributed by atoms with E-state index in [0.717, 1.165) is 18.4 Å². The summed E-state index contributed by atoms with van der Waals surface area (Å²) in [6.07, 6.45) is 3.95. The first kappa shape index (κ1) is 12.8. The summed E-state index contributed by atoms with van der Waals surface area (Å²) in [5, 5.41) is 3.98. The Balaban J connectivity index is 1.71. The third kappa shape index (κ3) is 2.71. The molecule has 5 nitrogen and oxygen atoms in total. The molecule has 0 unspecified atom stereocenters. The van der Waals surface area contributed by atoms with E-state index in [1.54, 1.807) is 0 Å². The van der Waals surface area contributed by atoms with Crippen molar-refractivity contribution < 1.29 is 14.1 Å². The van der Waals surface area contributed by atoms with E-state index >= 15 is 0 Å². The van der Waals surface area contributed by atoms with Crippen LogP contribution in [0, 0.1) is 0 Å². The fourth-order valence-corrected chi connectivity index (χ4v) is 2.47. The molecule has 0 radical (unpaired) electrons. The summed E-state index contributed by atoms with van der Waals surface area (Å²) in [6.45, 7) is 1.64. The molecule has 0 atom stereocenters. The van der Waals surface area contributed by atoms with Crippen LogP contribution in [0.2, 0.25) is 0 Å². The van der Waals surface area contributed by atoms with E-state index in [1.807, 2.05) is 6.07 Å². The molecule has 0 amide bonds. The molecule has 5 heteroatoms. The van der Waals surface area contributed by atoms with Gasteiger partial charge in [-0.2, -0.15) is 4.98 Å². The molecule has 0 spiro atoms. The lowest BCUT2D eigenvalue weighted by atomic mass is 10.1. The molecule has 2 aromatic rings. The minimum Gasteiger partial charge on any atom is -0.465 e. The Hall–Kier alpha value is -2.17. The Labute approximate surface area is 116 Å². The van der Waals surface area contributed by atoms with E-state index in [4.69, 9.17) is 9.26 Å². The number of carbonyl (C=O) groups is 1. The second-order valence-electron chi connectivity index (χ2n) is 4.94. The molecule has 0 fully saturated rings. The third-order valence-corrected chi connectivity index (χ3v) is 3.45. The van der Waals surface area contributed by atoms with Crippen LogP contribution >= 0.6 is 0 Å². The second-order valence-corrected chi connectivity index (χ2v) is 4.94. The van der Waals surface area contributed by atoms with Crippen molar-refractivity contribution in [3.05, 3.63) is 35.2 Å². The van der Waals surface area contributed by atoms with Crippen LogP contribution in [-0.2, 0) is 28.8 Å².